The van der Waals surface area contributed by atoms with Gasteiger partial charge in [0.25, 0.3) is 0 Å². The molecule has 2 aromatic heterocycles. The topological polar surface area (TPSA) is 85.3 Å². The van der Waals surface area contributed by atoms with E-state index in [2.05, 4.69) is 27.6 Å². The standard InChI is InChI=1S/C18H19N5O/c19-23-11-14-16(7-3-4-9-21-24)22-15-6-2-1-5-12(15)13-8-10-20-18(23)17(13)14/h1-2,5-6,8,10-11,16,22H,3-4,7,9,19H2. The van der Waals surface area contributed by atoms with Crippen LogP contribution >= 0.6 is 0 Å². The highest BCUT2D eigenvalue weighted by Crippen LogP contribution is 2.43. The van der Waals surface area contributed by atoms with Crippen LogP contribution in [0.3, 0.4) is 0 Å². The molecule has 3 aromatic rings. The summed E-state index contributed by atoms with van der Waals surface area (Å²) in [4.78, 5) is 14.8. The number of nitrogens with one attached hydrogen (secondary N) is 1. The Labute approximate surface area is 139 Å². The van der Waals surface area contributed by atoms with Gasteiger partial charge in [0, 0.05) is 34.6 Å². The largest absolute Gasteiger partial charge is 0.378 e. The molecule has 24 heavy (non-hydrogen) atoms. The van der Waals surface area contributed by atoms with Crippen molar-refractivity contribution in [2.45, 2.75) is 25.3 Å². The van der Waals surface area contributed by atoms with Gasteiger partial charge >= 0.3 is 0 Å². The zero-order valence-electron chi connectivity index (χ0n) is 13.3. The normalized spacial score (nSPS) is 15.6. The van der Waals surface area contributed by atoms with E-state index in [1.165, 1.54) is 0 Å². The van der Waals surface area contributed by atoms with Crippen LogP contribution in [0.2, 0.25) is 0 Å². The van der Waals surface area contributed by atoms with E-state index in [0.29, 0.717) is 6.54 Å². The molecule has 6 nitrogen and oxygen atoms in total. The number of hydrogen-bond acceptors (Lipinski definition) is 5. The van der Waals surface area contributed by atoms with Gasteiger partial charge in [0.1, 0.15) is 0 Å². The van der Waals surface area contributed by atoms with E-state index in [0.717, 1.165) is 52.7 Å². The molecule has 4 rings (SSSR count). The van der Waals surface area contributed by atoms with Gasteiger partial charge < -0.3 is 11.2 Å². The Morgan fingerprint density at radius 2 is 2.08 bits per heavy atom. The van der Waals surface area contributed by atoms with Gasteiger partial charge in [-0.3, -0.25) is 4.68 Å². The van der Waals surface area contributed by atoms with Crippen LogP contribution in [0.15, 0.2) is 47.9 Å². The van der Waals surface area contributed by atoms with Gasteiger partial charge in [-0.15, -0.1) is 0 Å². The predicted octanol–water partition coefficient (Wildman–Crippen LogP) is 3.82. The van der Waals surface area contributed by atoms with Crippen LogP contribution in [0, 0.1) is 4.91 Å². The number of rotatable bonds is 5. The maximum Gasteiger partial charge on any atom is 0.159 e. The first-order valence-electron chi connectivity index (χ1n) is 8.19. The summed E-state index contributed by atoms with van der Waals surface area (Å²) < 4.78 is 1.60. The monoisotopic (exact) mass is 321 g/mol. The molecular formula is C18H19N5O. The molecule has 1 aliphatic rings. The number of nitroso groups, excluding NO2 is 1. The maximum absolute atomic E-state index is 10.3. The van der Waals surface area contributed by atoms with E-state index in [1.54, 1.807) is 10.9 Å². The summed E-state index contributed by atoms with van der Waals surface area (Å²) in [5.41, 5.74) is 5.38. The summed E-state index contributed by atoms with van der Waals surface area (Å²) in [5.74, 6) is 6.13. The predicted molar refractivity (Wildman–Crippen MR) is 96.2 cm³/mol. The lowest BCUT2D eigenvalue weighted by atomic mass is 9.98. The Hall–Kier alpha value is -2.89. The molecule has 1 unspecified atom stereocenters. The van der Waals surface area contributed by atoms with E-state index >= 15 is 0 Å². The number of nitrogens with two attached hydrogens (primary N) is 1. The van der Waals surface area contributed by atoms with Crippen LogP contribution in [0.1, 0.15) is 30.9 Å². The van der Waals surface area contributed by atoms with Gasteiger partial charge in [0.2, 0.25) is 0 Å². The highest BCUT2D eigenvalue weighted by atomic mass is 16.3. The molecule has 0 aliphatic carbocycles. The average molecular weight is 321 g/mol. The fourth-order valence-corrected chi connectivity index (χ4v) is 3.56. The van der Waals surface area contributed by atoms with Gasteiger partial charge in [-0.25, -0.2) is 4.98 Å². The van der Waals surface area contributed by atoms with Crippen molar-refractivity contribution in [3.8, 4) is 11.1 Å². The first-order chi connectivity index (χ1) is 11.8. The van der Waals surface area contributed by atoms with Gasteiger partial charge in [-0.05, 0) is 37.0 Å². The van der Waals surface area contributed by atoms with Crippen LogP contribution in [0.5, 0.6) is 0 Å². The Bertz CT molecular complexity index is 902. The van der Waals surface area contributed by atoms with Gasteiger partial charge in [0.15, 0.2) is 5.65 Å². The van der Waals surface area contributed by atoms with Gasteiger partial charge in [0.05, 0.1) is 12.6 Å². The third-order valence-electron chi connectivity index (χ3n) is 4.66. The highest BCUT2D eigenvalue weighted by Gasteiger charge is 2.25. The fourth-order valence-electron chi connectivity index (χ4n) is 3.56. The number of nitrogens with zero attached hydrogens (tertiary/aromatic N) is 3. The number of unbranched alkanes of at least 4 members (excludes halogenated alkanes) is 1. The Morgan fingerprint density at radius 1 is 1.21 bits per heavy atom. The lowest BCUT2D eigenvalue weighted by molar-refractivity contribution is 0.620. The van der Waals surface area contributed by atoms with E-state index in [-0.39, 0.29) is 6.04 Å². The summed E-state index contributed by atoms with van der Waals surface area (Å²) >= 11 is 0. The third kappa shape index (κ3) is 2.31. The molecule has 3 heterocycles. The van der Waals surface area contributed by atoms with E-state index in [1.807, 2.05) is 24.4 Å². The molecule has 1 atom stereocenters. The van der Waals surface area contributed by atoms with E-state index in [4.69, 9.17) is 5.84 Å². The number of para-hydroxylation sites is 1. The van der Waals surface area contributed by atoms with Crippen molar-refractivity contribution in [1.82, 2.24) is 9.66 Å². The molecule has 0 amide bonds. The minimum atomic E-state index is 0.135. The van der Waals surface area contributed by atoms with Crippen LogP contribution in [-0.4, -0.2) is 16.2 Å². The summed E-state index contributed by atoms with van der Waals surface area (Å²) in [6.07, 6.45) is 6.41. The minimum Gasteiger partial charge on any atom is -0.378 e. The van der Waals surface area contributed by atoms with Crippen molar-refractivity contribution >= 4 is 16.7 Å². The summed E-state index contributed by atoms with van der Waals surface area (Å²) in [7, 11) is 0. The van der Waals surface area contributed by atoms with E-state index in [9.17, 15) is 4.91 Å². The first kappa shape index (κ1) is 14.7. The molecule has 0 fully saturated rings. The second kappa shape index (κ2) is 5.96. The van der Waals surface area contributed by atoms with Gasteiger partial charge in [-0.1, -0.05) is 23.4 Å². The molecule has 6 heteroatoms. The quantitative estimate of drug-likeness (QED) is 0.425. The Balaban J connectivity index is 1.84. The van der Waals surface area contributed by atoms with E-state index < -0.39 is 0 Å². The highest BCUT2D eigenvalue weighted by molar-refractivity contribution is 6.01. The third-order valence-corrected chi connectivity index (χ3v) is 4.66. The number of benzene rings is 1. The molecular weight excluding hydrogens is 302 g/mol. The first-order valence-corrected chi connectivity index (χ1v) is 8.19. The van der Waals surface area contributed by atoms with Crippen LogP contribution < -0.4 is 11.2 Å². The number of anilines is 1. The Kier molecular flexibility index (Phi) is 3.65. The molecule has 1 aromatic carbocycles. The minimum absolute atomic E-state index is 0.135. The molecule has 1 aliphatic heterocycles. The number of pyridine rings is 1. The number of nitrogen functional groups attached to an aromatic ring is 1. The molecule has 0 saturated heterocycles. The van der Waals surface area contributed by atoms with Crippen molar-refractivity contribution in [1.29, 1.82) is 0 Å². The van der Waals surface area contributed by atoms with Crippen molar-refractivity contribution in [3.05, 3.63) is 53.2 Å². The zero-order valence-corrected chi connectivity index (χ0v) is 13.3. The second-order valence-electron chi connectivity index (χ2n) is 6.14. The average Bonchev–Trinajstić information content (AvgIpc) is 2.88. The van der Waals surface area contributed by atoms with Crippen molar-refractivity contribution < 1.29 is 0 Å². The van der Waals surface area contributed by atoms with Gasteiger partial charge in [-0.2, -0.15) is 4.91 Å². The molecule has 3 N–H and O–H groups in total. The second-order valence-corrected chi connectivity index (χ2v) is 6.14. The summed E-state index contributed by atoms with van der Waals surface area (Å²) in [6, 6.07) is 10.5. The van der Waals surface area contributed by atoms with Crippen LogP contribution in [0.4, 0.5) is 5.69 Å². The smallest absolute Gasteiger partial charge is 0.159 e. The molecule has 0 spiro atoms. The molecule has 0 bridgehead atoms. The SMILES string of the molecule is Nn1cc2c3c(ccnc31)-c1ccccc1NC2CCCCN=O. The maximum atomic E-state index is 10.3. The molecule has 122 valence electrons. The number of aromatic nitrogens is 2. The van der Waals surface area contributed by atoms with Crippen LogP contribution in [-0.2, 0) is 0 Å². The fraction of sp³-hybridized carbons (Fsp3) is 0.278. The molecule has 0 saturated carbocycles. The summed E-state index contributed by atoms with van der Waals surface area (Å²) in [6.45, 7) is 0.370. The molecule has 0 radical (unpaired) electrons. The Morgan fingerprint density at radius 3 is 2.96 bits per heavy atom. The summed E-state index contributed by atoms with van der Waals surface area (Å²) in [5, 5.41) is 7.71. The number of fused-ring (bicyclic) bond motifs is 2. The zero-order chi connectivity index (χ0) is 16.5. The van der Waals surface area contributed by atoms with Crippen molar-refractivity contribution in [3.63, 3.8) is 0 Å². The lowest BCUT2D eigenvalue weighted by Gasteiger charge is -2.18. The van der Waals surface area contributed by atoms with Crippen molar-refractivity contribution in [2.24, 2.45) is 5.18 Å². The van der Waals surface area contributed by atoms with Crippen LogP contribution in [0.25, 0.3) is 22.2 Å². The lowest BCUT2D eigenvalue weighted by Crippen LogP contribution is -2.11. The van der Waals surface area contributed by atoms with Crippen molar-refractivity contribution in [2.75, 3.05) is 17.7 Å². The number of hydrogen-bond donors (Lipinski definition) is 2.